The molecule has 6 nitrogen and oxygen atoms in total. The van der Waals surface area contributed by atoms with E-state index in [0.717, 1.165) is 19.6 Å². The minimum Gasteiger partial charge on any atom is -0.489 e. The molecule has 2 aromatic carbocycles. The Balaban J connectivity index is 1.59. The zero-order valence-corrected chi connectivity index (χ0v) is 16.4. The molecule has 1 heterocycles. The molecule has 3 rings (SSSR count). The zero-order valence-electron chi connectivity index (χ0n) is 16.4. The van der Waals surface area contributed by atoms with Crippen LogP contribution in [-0.4, -0.2) is 48.1 Å². The van der Waals surface area contributed by atoms with Crippen LogP contribution in [0.4, 0.5) is 10.5 Å². The van der Waals surface area contributed by atoms with Crippen LogP contribution in [0.1, 0.15) is 25.0 Å². The Morgan fingerprint density at radius 2 is 1.86 bits per heavy atom. The molecular formula is C22H26N4O2. The van der Waals surface area contributed by atoms with Crippen molar-refractivity contribution >= 4 is 11.7 Å². The second-order valence-corrected chi connectivity index (χ2v) is 7.17. The number of nitrogens with one attached hydrogen (secondary N) is 1. The lowest BCUT2D eigenvalue weighted by molar-refractivity contribution is 0.143. The standard InChI is InChI=1S/C22H26N4O2/c1-17(2)28-21-9-8-19(15-23)14-20(21)24-22(27)26-12-10-25(11-13-26)16-18-6-4-3-5-7-18/h3-9,14,17H,10-13,16H2,1-2H3,(H,24,27). The first-order valence-corrected chi connectivity index (χ1v) is 9.58. The highest BCUT2D eigenvalue weighted by Crippen LogP contribution is 2.27. The van der Waals surface area contributed by atoms with Gasteiger partial charge in [0, 0.05) is 32.7 Å². The van der Waals surface area contributed by atoms with Gasteiger partial charge in [-0.25, -0.2) is 4.79 Å². The molecule has 28 heavy (non-hydrogen) atoms. The number of carbonyl (C=O) groups excluding carboxylic acids is 1. The van der Waals surface area contributed by atoms with E-state index in [4.69, 9.17) is 10.00 Å². The second-order valence-electron chi connectivity index (χ2n) is 7.17. The second kappa shape index (κ2) is 9.25. The molecule has 0 aliphatic carbocycles. The first kappa shape index (κ1) is 19.7. The van der Waals surface area contributed by atoms with Crippen LogP contribution in [0, 0.1) is 11.3 Å². The van der Waals surface area contributed by atoms with Crippen LogP contribution in [0.3, 0.4) is 0 Å². The highest BCUT2D eigenvalue weighted by molar-refractivity contribution is 5.91. The monoisotopic (exact) mass is 378 g/mol. The van der Waals surface area contributed by atoms with Crippen molar-refractivity contribution in [3.05, 3.63) is 59.7 Å². The van der Waals surface area contributed by atoms with Crippen molar-refractivity contribution in [2.45, 2.75) is 26.5 Å². The number of hydrogen-bond acceptors (Lipinski definition) is 4. The van der Waals surface area contributed by atoms with E-state index in [1.54, 1.807) is 23.1 Å². The van der Waals surface area contributed by atoms with Gasteiger partial charge in [0.1, 0.15) is 5.75 Å². The highest BCUT2D eigenvalue weighted by Gasteiger charge is 2.22. The van der Waals surface area contributed by atoms with Gasteiger partial charge in [-0.2, -0.15) is 5.26 Å². The number of nitrogens with zero attached hydrogens (tertiary/aromatic N) is 3. The fourth-order valence-electron chi connectivity index (χ4n) is 3.20. The summed E-state index contributed by atoms with van der Waals surface area (Å²) < 4.78 is 5.77. The lowest BCUT2D eigenvalue weighted by Crippen LogP contribution is -2.49. The SMILES string of the molecule is CC(C)Oc1ccc(C#N)cc1NC(=O)N1CCN(Cc2ccccc2)CC1. The number of carbonyl (C=O) groups is 1. The number of benzene rings is 2. The van der Waals surface area contributed by atoms with E-state index in [-0.39, 0.29) is 12.1 Å². The number of piperazine rings is 1. The molecule has 0 saturated carbocycles. The van der Waals surface area contributed by atoms with Crippen molar-refractivity contribution in [1.29, 1.82) is 5.26 Å². The number of hydrogen-bond donors (Lipinski definition) is 1. The third kappa shape index (κ3) is 5.24. The van der Waals surface area contributed by atoms with Gasteiger partial charge in [0.2, 0.25) is 0 Å². The van der Waals surface area contributed by atoms with Crippen LogP contribution in [0.25, 0.3) is 0 Å². The number of nitriles is 1. The molecule has 6 heteroatoms. The van der Waals surface area contributed by atoms with Gasteiger partial charge in [-0.15, -0.1) is 0 Å². The average molecular weight is 378 g/mol. The van der Waals surface area contributed by atoms with E-state index in [2.05, 4.69) is 28.4 Å². The summed E-state index contributed by atoms with van der Waals surface area (Å²) in [6.45, 7) is 7.73. The maximum Gasteiger partial charge on any atom is 0.322 e. The molecule has 146 valence electrons. The van der Waals surface area contributed by atoms with E-state index in [0.29, 0.717) is 30.1 Å². The van der Waals surface area contributed by atoms with Crippen molar-refractivity contribution in [1.82, 2.24) is 9.80 Å². The van der Waals surface area contributed by atoms with Gasteiger partial charge in [0.05, 0.1) is 23.4 Å². The van der Waals surface area contributed by atoms with E-state index >= 15 is 0 Å². The molecule has 0 aromatic heterocycles. The predicted octanol–water partition coefficient (Wildman–Crippen LogP) is 3.70. The first-order valence-electron chi connectivity index (χ1n) is 9.58. The quantitative estimate of drug-likeness (QED) is 0.861. The minimum atomic E-state index is -0.164. The van der Waals surface area contributed by atoms with Gasteiger partial charge in [-0.05, 0) is 37.6 Å². The first-order chi connectivity index (χ1) is 13.5. The van der Waals surface area contributed by atoms with Crippen LogP contribution < -0.4 is 10.1 Å². The molecule has 2 amide bonds. The van der Waals surface area contributed by atoms with Crippen molar-refractivity contribution in [2.75, 3.05) is 31.5 Å². The maximum atomic E-state index is 12.7. The smallest absolute Gasteiger partial charge is 0.322 e. The number of anilines is 1. The number of rotatable bonds is 5. The number of urea groups is 1. The Labute approximate surface area is 166 Å². The molecule has 0 unspecified atom stereocenters. The lowest BCUT2D eigenvalue weighted by atomic mass is 10.2. The molecule has 0 radical (unpaired) electrons. The molecule has 0 bridgehead atoms. The third-order valence-corrected chi connectivity index (χ3v) is 4.62. The zero-order chi connectivity index (χ0) is 19.9. The largest absolute Gasteiger partial charge is 0.489 e. The van der Waals surface area contributed by atoms with Crippen LogP contribution in [-0.2, 0) is 6.54 Å². The molecule has 2 aromatic rings. The molecular weight excluding hydrogens is 352 g/mol. The van der Waals surface area contributed by atoms with Crippen LogP contribution in [0.5, 0.6) is 5.75 Å². The Morgan fingerprint density at radius 1 is 1.14 bits per heavy atom. The average Bonchev–Trinajstić information content (AvgIpc) is 2.70. The van der Waals surface area contributed by atoms with E-state index in [1.165, 1.54) is 5.56 Å². The van der Waals surface area contributed by atoms with Crippen molar-refractivity contribution < 1.29 is 9.53 Å². The third-order valence-electron chi connectivity index (χ3n) is 4.62. The minimum absolute atomic E-state index is 0.0230. The van der Waals surface area contributed by atoms with Crippen molar-refractivity contribution in [2.24, 2.45) is 0 Å². The molecule has 0 atom stereocenters. The van der Waals surface area contributed by atoms with Crippen LogP contribution in [0.15, 0.2) is 48.5 Å². The Hall–Kier alpha value is -3.04. The van der Waals surface area contributed by atoms with Gasteiger partial charge in [-0.3, -0.25) is 4.90 Å². The maximum absolute atomic E-state index is 12.7. The van der Waals surface area contributed by atoms with Gasteiger partial charge in [0.25, 0.3) is 0 Å². The summed E-state index contributed by atoms with van der Waals surface area (Å²) in [5, 5.41) is 12.1. The summed E-state index contributed by atoms with van der Waals surface area (Å²) in [6, 6.07) is 17.4. The van der Waals surface area contributed by atoms with E-state index < -0.39 is 0 Å². The Kier molecular flexibility index (Phi) is 6.51. The van der Waals surface area contributed by atoms with Gasteiger partial charge in [0.15, 0.2) is 0 Å². The van der Waals surface area contributed by atoms with Gasteiger partial charge >= 0.3 is 6.03 Å². The summed E-state index contributed by atoms with van der Waals surface area (Å²) in [7, 11) is 0. The normalized spacial score (nSPS) is 14.6. The summed E-state index contributed by atoms with van der Waals surface area (Å²) in [6.07, 6.45) is -0.0230. The summed E-state index contributed by atoms with van der Waals surface area (Å²) >= 11 is 0. The molecule has 1 fully saturated rings. The molecule has 1 saturated heterocycles. The molecule has 1 N–H and O–H groups in total. The molecule has 1 aliphatic rings. The summed E-state index contributed by atoms with van der Waals surface area (Å²) in [5.74, 6) is 0.574. The fraction of sp³-hybridized carbons (Fsp3) is 0.364. The highest BCUT2D eigenvalue weighted by atomic mass is 16.5. The van der Waals surface area contributed by atoms with Gasteiger partial charge < -0.3 is 15.0 Å². The Morgan fingerprint density at radius 3 is 2.50 bits per heavy atom. The fourth-order valence-corrected chi connectivity index (χ4v) is 3.20. The lowest BCUT2D eigenvalue weighted by Gasteiger charge is -2.34. The Bertz CT molecular complexity index is 837. The number of ether oxygens (including phenoxy) is 1. The molecule has 0 spiro atoms. The summed E-state index contributed by atoms with van der Waals surface area (Å²) in [5.41, 5.74) is 2.30. The summed E-state index contributed by atoms with van der Waals surface area (Å²) in [4.78, 5) is 16.9. The van der Waals surface area contributed by atoms with Crippen molar-refractivity contribution in [3.8, 4) is 11.8 Å². The predicted molar refractivity (Wildman–Crippen MR) is 109 cm³/mol. The van der Waals surface area contributed by atoms with Crippen molar-refractivity contribution in [3.63, 3.8) is 0 Å². The number of amides is 2. The van der Waals surface area contributed by atoms with E-state index in [9.17, 15) is 4.79 Å². The van der Waals surface area contributed by atoms with Gasteiger partial charge in [-0.1, -0.05) is 30.3 Å². The topological polar surface area (TPSA) is 68.6 Å². The van der Waals surface area contributed by atoms with E-state index in [1.807, 2.05) is 32.0 Å². The molecule has 1 aliphatic heterocycles. The van der Waals surface area contributed by atoms with Crippen LogP contribution >= 0.6 is 0 Å². The van der Waals surface area contributed by atoms with Crippen LogP contribution in [0.2, 0.25) is 0 Å².